The number of allylic oxidation sites excluding steroid dienone is 2. The minimum atomic E-state index is -0.322. The highest BCUT2D eigenvalue weighted by atomic mass is 16.3. The predicted octanol–water partition coefficient (Wildman–Crippen LogP) is 2.75. The highest BCUT2D eigenvalue weighted by molar-refractivity contribution is 5.65. The van der Waals surface area contributed by atoms with Crippen LogP contribution in [0.25, 0.3) is 0 Å². The van der Waals surface area contributed by atoms with E-state index in [9.17, 15) is 5.11 Å². The van der Waals surface area contributed by atoms with Gasteiger partial charge in [0.05, 0.1) is 5.69 Å². The normalized spacial score (nSPS) is 9.05. The van der Waals surface area contributed by atoms with E-state index in [-0.39, 0.29) is 22.9 Å². The summed E-state index contributed by atoms with van der Waals surface area (Å²) >= 11 is 0. The summed E-state index contributed by atoms with van der Waals surface area (Å²) in [5, 5.41) is 38.7. The van der Waals surface area contributed by atoms with Crippen LogP contribution >= 0.6 is 0 Å². The topological polar surface area (TPSA) is 104 Å². The number of benzene rings is 1. The molecule has 0 saturated heterocycles. The van der Waals surface area contributed by atoms with Crippen molar-refractivity contribution >= 4 is 5.69 Å². The zero-order valence-corrected chi connectivity index (χ0v) is 10.6. The highest BCUT2D eigenvalue weighted by Gasteiger charge is 2.10. The fourth-order valence-electron chi connectivity index (χ4n) is 1.43. The molecule has 94 valence electrons. The smallest absolute Gasteiger partial charge is 0.163 e. The SMILES string of the molecule is CC(C)c1ccc(O)c(NC(C#N)=C(C#N)C#N)c1. The first-order valence-corrected chi connectivity index (χ1v) is 5.58. The third kappa shape index (κ3) is 3.25. The average molecular weight is 252 g/mol. The van der Waals surface area contributed by atoms with E-state index in [1.54, 1.807) is 30.3 Å². The van der Waals surface area contributed by atoms with Gasteiger partial charge in [-0.3, -0.25) is 0 Å². The van der Waals surface area contributed by atoms with Gasteiger partial charge in [-0.1, -0.05) is 19.9 Å². The van der Waals surface area contributed by atoms with Gasteiger partial charge < -0.3 is 10.4 Å². The monoisotopic (exact) mass is 252 g/mol. The Balaban J connectivity index is 3.24. The van der Waals surface area contributed by atoms with Crippen LogP contribution < -0.4 is 5.32 Å². The molecule has 0 saturated carbocycles. The second-order valence-corrected chi connectivity index (χ2v) is 4.14. The molecule has 0 radical (unpaired) electrons. The summed E-state index contributed by atoms with van der Waals surface area (Å²) in [6, 6.07) is 9.97. The Kier molecular flexibility index (Phi) is 4.52. The third-order valence-electron chi connectivity index (χ3n) is 2.53. The molecule has 19 heavy (non-hydrogen) atoms. The Morgan fingerprint density at radius 2 is 1.79 bits per heavy atom. The average Bonchev–Trinajstić information content (AvgIpc) is 2.40. The van der Waals surface area contributed by atoms with Crippen LogP contribution in [0.4, 0.5) is 5.69 Å². The van der Waals surface area contributed by atoms with E-state index in [0.717, 1.165) is 5.56 Å². The summed E-state index contributed by atoms with van der Waals surface area (Å²) < 4.78 is 0. The van der Waals surface area contributed by atoms with Gasteiger partial charge in [-0.25, -0.2) is 0 Å². The van der Waals surface area contributed by atoms with Crippen LogP contribution in [-0.2, 0) is 0 Å². The van der Waals surface area contributed by atoms with Crippen LogP contribution in [0.3, 0.4) is 0 Å². The zero-order chi connectivity index (χ0) is 14.4. The molecule has 0 fully saturated rings. The summed E-state index contributed by atoms with van der Waals surface area (Å²) in [4.78, 5) is 0. The Morgan fingerprint density at radius 1 is 1.16 bits per heavy atom. The van der Waals surface area contributed by atoms with Crippen molar-refractivity contribution in [2.45, 2.75) is 19.8 Å². The van der Waals surface area contributed by atoms with Crippen molar-refractivity contribution in [1.82, 2.24) is 0 Å². The number of hydrogen-bond acceptors (Lipinski definition) is 5. The van der Waals surface area contributed by atoms with E-state index in [2.05, 4.69) is 5.32 Å². The highest BCUT2D eigenvalue weighted by Crippen LogP contribution is 2.28. The fraction of sp³-hybridized carbons (Fsp3) is 0.214. The second kappa shape index (κ2) is 6.10. The van der Waals surface area contributed by atoms with Crippen molar-refractivity contribution in [3.63, 3.8) is 0 Å². The van der Waals surface area contributed by atoms with Gasteiger partial charge in [0.15, 0.2) is 5.57 Å². The molecule has 0 aromatic heterocycles. The molecule has 2 N–H and O–H groups in total. The van der Waals surface area contributed by atoms with Gasteiger partial charge in [0.25, 0.3) is 0 Å². The number of nitrogens with one attached hydrogen (secondary N) is 1. The number of anilines is 1. The molecule has 1 rings (SSSR count). The quantitative estimate of drug-likeness (QED) is 0.635. The van der Waals surface area contributed by atoms with Gasteiger partial charge in [-0.15, -0.1) is 0 Å². The maximum atomic E-state index is 9.73. The summed E-state index contributed by atoms with van der Waals surface area (Å²) in [7, 11) is 0. The van der Waals surface area contributed by atoms with E-state index in [4.69, 9.17) is 15.8 Å². The van der Waals surface area contributed by atoms with E-state index >= 15 is 0 Å². The van der Waals surface area contributed by atoms with Gasteiger partial charge in [0.2, 0.25) is 0 Å². The lowest BCUT2D eigenvalue weighted by Crippen LogP contribution is -2.02. The number of phenolic OH excluding ortho intramolecular Hbond substituents is 1. The molecule has 0 atom stereocenters. The molecule has 5 nitrogen and oxygen atoms in total. The summed E-state index contributed by atoms with van der Waals surface area (Å²) in [5.74, 6) is 0.203. The molecular formula is C14H12N4O. The van der Waals surface area contributed by atoms with Crippen LogP contribution in [0.15, 0.2) is 29.5 Å². The number of hydrogen-bond donors (Lipinski definition) is 2. The van der Waals surface area contributed by atoms with E-state index in [0.29, 0.717) is 5.69 Å². The largest absolute Gasteiger partial charge is 0.506 e. The number of phenols is 1. The fourth-order valence-corrected chi connectivity index (χ4v) is 1.43. The molecule has 0 aliphatic heterocycles. The zero-order valence-electron chi connectivity index (χ0n) is 10.6. The first-order chi connectivity index (χ1) is 9.03. The number of aromatic hydroxyl groups is 1. The summed E-state index contributed by atoms with van der Waals surface area (Å²) in [6.45, 7) is 3.99. The van der Waals surface area contributed by atoms with Crippen LogP contribution in [0.2, 0.25) is 0 Å². The maximum Gasteiger partial charge on any atom is 0.163 e. The van der Waals surface area contributed by atoms with E-state index in [1.807, 2.05) is 13.8 Å². The Hall–Kier alpha value is -2.97. The maximum absolute atomic E-state index is 9.73. The first-order valence-electron chi connectivity index (χ1n) is 5.58. The Labute approximate surface area is 111 Å². The number of nitrogens with zero attached hydrogens (tertiary/aromatic N) is 3. The van der Waals surface area contributed by atoms with Gasteiger partial charge in [0.1, 0.15) is 29.7 Å². The van der Waals surface area contributed by atoms with E-state index < -0.39 is 0 Å². The van der Waals surface area contributed by atoms with Gasteiger partial charge in [-0.05, 0) is 23.6 Å². The number of rotatable bonds is 3. The molecule has 0 bridgehead atoms. The van der Waals surface area contributed by atoms with Crippen LogP contribution in [0, 0.1) is 34.0 Å². The van der Waals surface area contributed by atoms with Crippen molar-refractivity contribution in [3.8, 4) is 24.0 Å². The van der Waals surface area contributed by atoms with E-state index in [1.165, 1.54) is 6.07 Å². The molecule has 5 heteroatoms. The molecule has 0 aliphatic carbocycles. The van der Waals surface area contributed by atoms with Gasteiger partial charge in [-0.2, -0.15) is 15.8 Å². The minimum absolute atomic E-state index is 0.0487. The molecule has 0 aliphatic rings. The van der Waals surface area contributed by atoms with Crippen molar-refractivity contribution in [2.24, 2.45) is 0 Å². The second-order valence-electron chi connectivity index (χ2n) is 4.14. The molecule has 0 heterocycles. The van der Waals surface area contributed by atoms with Crippen LogP contribution in [-0.4, -0.2) is 5.11 Å². The third-order valence-corrected chi connectivity index (χ3v) is 2.53. The molecular weight excluding hydrogens is 240 g/mol. The first kappa shape index (κ1) is 14.1. The molecule has 1 aromatic carbocycles. The standard InChI is InChI=1S/C14H12N4O/c1-9(2)10-3-4-14(19)12(5-10)18-13(8-17)11(6-15)7-16/h3-5,9,18-19H,1-2H3. The lowest BCUT2D eigenvalue weighted by Gasteiger charge is -2.11. The van der Waals surface area contributed by atoms with Crippen molar-refractivity contribution in [2.75, 3.05) is 5.32 Å². The predicted molar refractivity (Wildman–Crippen MR) is 69.7 cm³/mol. The van der Waals surface area contributed by atoms with Gasteiger partial charge in [0, 0.05) is 0 Å². The van der Waals surface area contributed by atoms with Crippen molar-refractivity contribution in [3.05, 3.63) is 35.0 Å². The minimum Gasteiger partial charge on any atom is -0.506 e. The van der Waals surface area contributed by atoms with Crippen molar-refractivity contribution in [1.29, 1.82) is 15.8 Å². The lowest BCUT2D eigenvalue weighted by atomic mass is 10.0. The Bertz CT molecular complexity index is 623. The van der Waals surface area contributed by atoms with Crippen molar-refractivity contribution < 1.29 is 5.11 Å². The molecule has 0 amide bonds. The lowest BCUT2D eigenvalue weighted by molar-refractivity contribution is 0.477. The molecule has 0 unspecified atom stereocenters. The van der Waals surface area contributed by atoms with Crippen LogP contribution in [0.5, 0.6) is 5.75 Å². The Morgan fingerprint density at radius 3 is 2.26 bits per heavy atom. The summed E-state index contributed by atoms with van der Waals surface area (Å²) in [5.41, 5.74) is 0.761. The van der Waals surface area contributed by atoms with Gasteiger partial charge >= 0.3 is 0 Å². The molecule has 1 aromatic rings. The summed E-state index contributed by atoms with van der Waals surface area (Å²) in [6.07, 6.45) is 0. The number of nitriles is 3. The molecule has 0 spiro atoms. The van der Waals surface area contributed by atoms with Crippen LogP contribution in [0.1, 0.15) is 25.3 Å².